The number of aliphatic hydroxyl groups excluding tert-OH is 1. The van der Waals surface area contributed by atoms with E-state index in [0.717, 1.165) is 22.4 Å². The van der Waals surface area contributed by atoms with Gasteiger partial charge in [0.05, 0.1) is 29.2 Å². The standard InChI is InChI=1S/C36H44BrN3O4S/c1-7-16-38(20-25-12-10-9-11-13-25)33(42)29-30-34(43)40(28(21-41)22(3)4)32(36(30)19-26(37)31(29)45-36)35(44)39(17-8-2)27-18-23(5)14-15-24(27)6/h7-15,18,22,26,28-32,41H,1-2,16-17,19-21H2,3-6H3/t26?,28-,29+,30-,31+,32?,36?/m0/s1. The van der Waals surface area contributed by atoms with E-state index < -0.39 is 28.7 Å². The number of carbonyl (C=O) groups is 3. The lowest BCUT2D eigenvalue weighted by molar-refractivity contribution is -0.146. The molecule has 2 bridgehead atoms. The third-order valence-electron chi connectivity index (χ3n) is 9.67. The minimum absolute atomic E-state index is 0.0572. The minimum Gasteiger partial charge on any atom is -0.394 e. The smallest absolute Gasteiger partial charge is 0.251 e. The lowest BCUT2D eigenvalue weighted by atomic mass is 9.70. The number of carbonyl (C=O) groups excluding carboxylic acids is 3. The van der Waals surface area contributed by atoms with Gasteiger partial charge in [-0.15, -0.1) is 24.9 Å². The van der Waals surface area contributed by atoms with Crippen LogP contribution in [-0.2, 0) is 20.9 Å². The molecular weight excluding hydrogens is 650 g/mol. The zero-order valence-electron chi connectivity index (χ0n) is 26.6. The van der Waals surface area contributed by atoms with Crippen molar-refractivity contribution in [2.75, 3.05) is 24.6 Å². The molecule has 0 radical (unpaired) electrons. The van der Waals surface area contributed by atoms with Crippen LogP contribution >= 0.6 is 27.7 Å². The summed E-state index contributed by atoms with van der Waals surface area (Å²) in [6.07, 6.45) is 3.99. The van der Waals surface area contributed by atoms with E-state index in [1.807, 2.05) is 76.2 Å². The summed E-state index contributed by atoms with van der Waals surface area (Å²) >= 11 is 5.51. The molecule has 5 rings (SSSR count). The molecule has 2 aromatic rings. The first-order valence-corrected chi connectivity index (χ1v) is 17.5. The molecule has 7 nitrogen and oxygen atoms in total. The van der Waals surface area contributed by atoms with Crippen LogP contribution in [0.5, 0.6) is 0 Å². The Kier molecular flexibility index (Phi) is 10.0. The highest BCUT2D eigenvalue weighted by molar-refractivity contribution is 9.09. The number of aliphatic hydroxyl groups is 1. The maximum atomic E-state index is 15.0. The summed E-state index contributed by atoms with van der Waals surface area (Å²) in [7, 11) is 0. The molecule has 3 aliphatic rings. The molecule has 3 unspecified atom stereocenters. The van der Waals surface area contributed by atoms with E-state index in [1.54, 1.807) is 38.6 Å². The van der Waals surface area contributed by atoms with E-state index in [0.29, 0.717) is 19.5 Å². The molecule has 9 heteroatoms. The van der Waals surface area contributed by atoms with Crippen LogP contribution < -0.4 is 4.90 Å². The van der Waals surface area contributed by atoms with Gasteiger partial charge in [0.25, 0.3) is 5.91 Å². The van der Waals surface area contributed by atoms with Gasteiger partial charge in [0.15, 0.2) is 0 Å². The monoisotopic (exact) mass is 693 g/mol. The quantitative estimate of drug-likeness (QED) is 0.234. The molecule has 7 atom stereocenters. The first-order valence-electron chi connectivity index (χ1n) is 15.7. The van der Waals surface area contributed by atoms with Crippen molar-refractivity contribution in [1.29, 1.82) is 0 Å². The third-order valence-corrected chi connectivity index (χ3v) is 12.9. The topological polar surface area (TPSA) is 81.2 Å². The lowest BCUT2D eigenvalue weighted by Crippen LogP contribution is -2.59. The van der Waals surface area contributed by atoms with Crippen molar-refractivity contribution in [2.24, 2.45) is 17.8 Å². The maximum absolute atomic E-state index is 15.0. The van der Waals surface area contributed by atoms with Gasteiger partial charge in [0.2, 0.25) is 11.8 Å². The van der Waals surface area contributed by atoms with Crippen LogP contribution in [0.25, 0.3) is 0 Å². The summed E-state index contributed by atoms with van der Waals surface area (Å²) in [6, 6.07) is 14.4. The largest absolute Gasteiger partial charge is 0.394 e. The van der Waals surface area contributed by atoms with Gasteiger partial charge in [0.1, 0.15) is 6.04 Å². The van der Waals surface area contributed by atoms with Gasteiger partial charge in [-0.25, -0.2) is 0 Å². The summed E-state index contributed by atoms with van der Waals surface area (Å²) < 4.78 is -0.834. The van der Waals surface area contributed by atoms with E-state index in [9.17, 15) is 14.7 Å². The second kappa shape index (κ2) is 13.5. The average molecular weight is 695 g/mol. The number of likely N-dealkylation sites (tertiary alicyclic amines) is 1. The molecule has 0 saturated carbocycles. The number of hydrogen-bond donors (Lipinski definition) is 1. The molecule has 45 heavy (non-hydrogen) atoms. The van der Waals surface area contributed by atoms with Crippen LogP contribution in [0.1, 0.15) is 37.0 Å². The number of anilines is 1. The summed E-state index contributed by atoms with van der Waals surface area (Å²) in [5.74, 6) is -1.94. The van der Waals surface area contributed by atoms with Crippen molar-refractivity contribution >= 4 is 51.1 Å². The fourth-order valence-corrected chi connectivity index (χ4v) is 11.2. The molecular formula is C36H44BrN3O4S. The summed E-state index contributed by atoms with van der Waals surface area (Å²) in [5, 5.41) is 10.5. The molecule has 0 aromatic heterocycles. The van der Waals surface area contributed by atoms with E-state index in [-0.39, 0.29) is 46.9 Å². The molecule has 3 aliphatic heterocycles. The number of hydrogen-bond acceptors (Lipinski definition) is 5. The van der Waals surface area contributed by atoms with Crippen molar-refractivity contribution in [2.45, 2.75) is 67.6 Å². The van der Waals surface area contributed by atoms with E-state index >= 15 is 4.79 Å². The Labute approximate surface area is 279 Å². The fourth-order valence-electron chi connectivity index (χ4n) is 7.60. The van der Waals surface area contributed by atoms with Crippen LogP contribution in [0.4, 0.5) is 5.69 Å². The first kappa shape index (κ1) is 33.5. The highest BCUT2D eigenvalue weighted by atomic mass is 79.9. The molecule has 3 amide bonds. The number of amides is 3. The fraction of sp³-hybridized carbons (Fsp3) is 0.472. The van der Waals surface area contributed by atoms with Crippen molar-refractivity contribution in [3.05, 3.63) is 90.5 Å². The van der Waals surface area contributed by atoms with Crippen molar-refractivity contribution in [3.63, 3.8) is 0 Å². The number of rotatable bonds is 12. The Morgan fingerprint density at radius 3 is 2.42 bits per heavy atom. The molecule has 2 aromatic carbocycles. The van der Waals surface area contributed by atoms with Crippen LogP contribution in [0.15, 0.2) is 73.8 Å². The average Bonchev–Trinajstić information content (AvgIpc) is 3.60. The first-order chi connectivity index (χ1) is 21.5. The van der Waals surface area contributed by atoms with Gasteiger partial charge in [0, 0.05) is 35.4 Å². The van der Waals surface area contributed by atoms with Crippen LogP contribution in [0, 0.1) is 31.6 Å². The highest BCUT2D eigenvalue weighted by Gasteiger charge is 2.76. The highest BCUT2D eigenvalue weighted by Crippen LogP contribution is 2.68. The number of fused-ring (bicyclic) bond motifs is 1. The lowest BCUT2D eigenvalue weighted by Gasteiger charge is -2.41. The Morgan fingerprint density at radius 2 is 1.80 bits per heavy atom. The normalized spacial score (nSPS) is 27.4. The Bertz CT molecular complexity index is 1470. The molecule has 240 valence electrons. The number of benzene rings is 2. The predicted octanol–water partition coefficient (Wildman–Crippen LogP) is 5.52. The third kappa shape index (κ3) is 5.80. The maximum Gasteiger partial charge on any atom is 0.251 e. The summed E-state index contributed by atoms with van der Waals surface area (Å²) in [6.45, 7) is 16.5. The predicted molar refractivity (Wildman–Crippen MR) is 185 cm³/mol. The van der Waals surface area contributed by atoms with E-state index in [1.165, 1.54) is 0 Å². The van der Waals surface area contributed by atoms with E-state index in [4.69, 9.17) is 0 Å². The number of halogens is 1. The number of alkyl halides is 1. The number of thioether (sulfide) groups is 1. The summed E-state index contributed by atoms with van der Waals surface area (Å²) in [5.41, 5.74) is 3.73. The Morgan fingerprint density at radius 1 is 1.11 bits per heavy atom. The van der Waals surface area contributed by atoms with Gasteiger partial charge >= 0.3 is 0 Å². The molecule has 3 heterocycles. The molecule has 0 aliphatic carbocycles. The molecule has 3 saturated heterocycles. The Balaban J connectivity index is 1.62. The van der Waals surface area contributed by atoms with Gasteiger partial charge in [-0.05, 0) is 48.9 Å². The van der Waals surface area contributed by atoms with E-state index in [2.05, 4.69) is 29.1 Å². The second-order valence-corrected chi connectivity index (χ2v) is 15.6. The zero-order chi connectivity index (χ0) is 32.6. The van der Waals surface area contributed by atoms with Gasteiger partial charge in [-0.3, -0.25) is 14.4 Å². The van der Waals surface area contributed by atoms with Crippen LogP contribution in [0.3, 0.4) is 0 Å². The second-order valence-electron chi connectivity index (χ2n) is 12.9. The zero-order valence-corrected chi connectivity index (χ0v) is 29.0. The van der Waals surface area contributed by atoms with Crippen molar-refractivity contribution in [1.82, 2.24) is 9.80 Å². The van der Waals surface area contributed by atoms with Crippen molar-refractivity contribution < 1.29 is 19.5 Å². The van der Waals surface area contributed by atoms with Gasteiger partial charge in [-0.2, -0.15) is 0 Å². The van der Waals surface area contributed by atoms with Gasteiger partial charge in [-0.1, -0.05) is 84.4 Å². The van der Waals surface area contributed by atoms with Crippen molar-refractivity contribution in [3.8, 4) is 0 Å². The van der Waals surface area contributed by atoms with Crippen LogP contribution in [-0.4, -0.2) is 79.2 Å². The minimum atomic E-state index is -0.857. The molecule has 3 fully saturated rings. The molecule has 1 spiro atoms. The Hall–Kier alpha value is -2.88. The molecule has 1 N–H and O–H groups in total. The van der Waals surface area contributed by atoms with Crippen LogP contribution in [0.2, 0.25) is 0 Å². The van der Waals surface area contributed by atoms with Gasteiger partial charge < -0.3 is 19.8 Å². The number of aryl methyl sites for hydroxylation is 2. The number of nitrogens with zero attached hydrogens (tertiary/aromatic N) is 3. The summed E-state index contributed by atoms with van der Waals surface area (Å²) in [4.78, 5) is 49.5. The SMILES string of the molecule is C=CCN(Cc1ccccc1)C(=O)[C@H]1[C@@H]2SC3(CC2Br)C(C(=O)N(CC=C)c2cc(C)ccc2C)N([C@@H](CO)C(C)C)C(=O)[C@H]13.